The van der Waals surface area contributed by atoms with Crippen molar-refractivity contribution in [3.63, 3.8) is 0 Å². The van der Waals surface area contributed by atoms with E-state index in [2.05, 4.69) is 40.4 Å². The number of hydrogen-bond acceptors (Lipinski definition) is 3. The number of amides is 1. The summed E-state index contributed by atoms with van der Waals surface area (Å²) in [5, 5.41) is 3.20. The Morgan fingerprint density at radius 3 is 2.91 bits per heavy atom. The fraction of sp³-hybridized carbons (Fsp3) is 0.611. The standard InChI is InChI=1S/C18H25N3O/c22-18(14-9-8-12-4-1-2-5-13(12)10-14)19-11-17-15-6-3-7-16(15)20-21-17/h1-2,4-5,14-17,20-21H,3,6-11H2,(H,19,22). The Kier molecular flexibility index (Phi) is 3.89. The molecule has 2 aliphatic carbocycles. The second-order valence-corrected chi connectivity index (χ2v) is 7.05. The van der Waals surface area contributed by atoms with Crippen LogP contribution in [-0.2, 0) is 17.6 Å². The summed E-state index contributed by atoms with van der Waals surface area (Å²) < 4.78 is 0. The van der Waals surface area contributed by atoms with Crippen LogP contribution in [-0.4, -0.2) is 24.5 Å². The first-order valence-electron chi connectivity index (χ1n) is 8.67. The Morgan fingerprint density at radius 1 is 1.14 bits per heavy atom. The van der Waals surface area contributed by atoms with Gasteiger partial charge in [-0.15, -0.1) is 0 Å². The van der Waals surface area contributed by atoms with Crippen molar-refractivity contribution < 1.29 is 4.79 Å². The molecule has 3 aliphatic rings. The minimum Gasteiger partial charge on any atom is -0.354 e. The zero-order valence-electron chi connectivity index (χ0n) is 13.0. The summed E-state index contributed by atoms with van der Waals surface area (Å²) in [6.07, 6.45) is 6.76. The number of fused-ring (bicyclic) bond motifs is 2. The van der Waals surface area contributed by atoms with Crippen LogP contribution >= 0.6 is 0 Å². The van der Waals surface area contributed by atoms with Crippen LogP contribution < -0.4 is 16.2 Å². The van der Waals surface area contributed by atoms with Crippen LogP contribution in [0.4, 0.5) is 0 Å². The normalized spacial score (nSPS) is 33.3. The van der Waals surface area contributed by atoms with Gasteiger partial charge in [0.2, 0.25) is 5.91 Å². The number of hydrazine groups is 1. The van der Waals surface area contributed by atoms with Crippen LogP contribution in [0.3, 0.4) is 0 Å². The molecule has 1 heterocycles. The van der Waals surface area contributed by atoms with Crippen molar-refractivity contribution in [2.75, 3.05) is 6.54 Å². The molecule has 1 amide bonds. The Morgan fingerprint density at radius 2 is 2.00 bits per heavy atom. The number of nitrogens with one attached hydrogen (secondary N) is 3. The predicted molar refractivity (Wildman–Crippen MR) is 86.2 cm³/mol. The second-order valence-electron chi connectivity index (χ2n) is 7.05. The highest BCUT2D eigenvalue weighted by Gasteiger charge is 2.39. The van der Waals surface area contributed by atoms with Crippen LogP contribution in [0.1, 0.15) is 36.8 Å². The van der Waals surface area contributed by atoms with Crippen molar-refractivity contribution in [1.82, 2.24) is 16.2 Å². The summed E-state index contributed by atoms with van der Waals surface area (Å²) in [4.78, 5) is 12.5. The van der Waals surface area contributed by atoms with E-state index < -0.39 is 0 Å². The monoisotopic (exact) mass is 299 g/mol. The van der Waals surface area contributed by atoms with E-state index in [1.165, 1.54) is 30.4 Å². The molecule has 0 bridgehead atoms. The van der Waals surface area contributed by atoms with Crippen LogP contribution in [0.5, 0.6) is 0 Å². The van der Waals surface area contributed by atoms with E-state index in [9.17, 15) is 4.79 Å². The predicted octanol–water partition coefficient (Wildman–Crippen LogP) is 1.55. The van der Waals surface area contributed by atoms with Crippen molar-refractivity contribution in [1.29, 1.82) is 0 Å². The molecule has 1 aromatic rings. The van der Waals surface area contributed by atoms with Gasteiger partial charge in [-0.3, -0.25) is 15.6 Å². The van der Waals surface area contributed by atoms with E-state index in [0.717, 1.165) is 25.8 Å². The van der Waals surface area contributed by atoms with E-state index in [-0.39, 0.29) is 11.8 Å². The maximum Gasteiger partial charge on any atom is 0.223 e. The Balaban J connectivity index is 1.32. The van der Waals surface area contributed by atoms with Gasteiger partial charge >= 0.3 is 0 Å². The minimum absolute atomic E-state index is 0.142. The lowest BCUT2D eigenvalue weighted by molar-refractivity contribution is -0.125. The Bertz CT molecular complexity index is 559. The zero-order valence-corrected chi connectivity index (χ0v) is 13.0. The molecule has 3 N–H and O–H groups in total. The average molecular weight is 299 g/mol. The molecule has 1 saturated carbocycles. The summed E-state index contributed by atoms with van der Waals surface area (Å²) in [5.74, 6) is 1.06. The number of rotatable bonds is 3. The smallest absolute Gasteiger partial charge is 0.223 e. The van der Waals surface area contributed by atoms with Crippen LogP contribution in [0, 0.1) is 11.8 Å². The van der Waals surface area contributed by atoms with Gasteiger partial charge in [0.15, 0.2) is 0 Å². The molecule has 1 saturated heterocycles. The molecule has 0 spiro atoms. The topological polar surface area (TPSA) is 53.2 Å². The van der Waals surface area contributed by atoms with E-state index >= 15 is 0 Å². The zero-order chi connectivity index (χ0) is 14.9. The van der Waals surface area contributed by atoms with Crippen molar-refractivity contribution in [2.24, 2.45) is 11.8 Å². The fourth-order valence-corrected chi connectivity index (χ4v) is 4.45. The van der Waals surface area contributed by atoms with Crippen molar-refractivity contribution >= 4 is 5.91 Å². The van der Waals surface area contributed by atoms with Gasteiger partial charge in [-0.25, -0.2) is 0 Å². The lowest BCUT2D eigenvalue weighted by Gasteiger charge is -2.25. The molecule has 0 aromatic heterocycles. The molecule has 4 nitrogen and oxygen atoms in total. The van der Waals surface area contributed by atoms with Crippen molar-refractivity contribution in [3.8, 4) is 0 Å². The average Bonchev–Trinajstić information content (AvgIpc) is 3.16. The summed E-state index contributed by atoms with van der Waals surface area (Å²) in [6.45, 7) is 0.755. The van der Waals surface area contributed by atoms with Gasteiger partial charge in [-0.05, 0) is 49.1 Å². The van der Waals surface area contributed by atoms with Crippen LogP contribution in [0.15, 0.2) is 24.3 Å². The summed E-state index contributed by atoms with van der Waals surface area (Å²) in [7, 11) is 0. The first kappa shape index (κ1) is 14.2. The second kappa shape index (κ2) is 6.01. The van der Waals surface area contributed by atoms with E-state index in [0.29, 0.717) is 18.0 Å². The lowest BCUT2D eigenvalue weighted by atomic mass is 9.83. The molecular weight excluding hydrogens is 274 g/mol. The van der Waals surface area contributed by atoms with Crippen LogP contribution in [0.25, 0.3) is 0 Å². The van der Waals surface area contributed by atoms with Gasteiger partial charge in [0.1, 0.15) is 0 Å². The Labute approximate surface area is 132 Å². The summed E-state index contributed by atoms with van der Waals surface area (Å²) >= 11 is 0. The lowest BCUT2D eigenvalue weighted by Crippen LogP contribution is -2.44. The molecule has 118 valence electrons. The summed E-state index contributed by atoms with van der Waals surface area (Å²) in [6, 6.07) is 9.54. The molecule has 4 heteroatoms. The van der Waals surface area contributed by atoms with Gasteiger partial charge < -0.3 is 5.32 Å². The van der Waals surface area contributed by atoms with Crippen molar-refractivity contribution in [2.45, 2.75) is 50.6 Å². The highest BCUT2D eigenvalue weighted by Crippen LogP contribution is 2.31. The first-order valence-corrected chi connectivity index (χ1v) is 8.67. The quantitative estimate of drug-likeness (QED) is 0.794. The highest BCUT2D eigenvalue weighted by atomic mass is 16.1. The number of hydrogen-bond donors (Lipinski definition) is 3. The third kappa shape index (κ3) is 2.66. The molecule has 0 radical (unpaired) electrons. The molecule has 22 heavy (non-hydrogen) atoms. The van der Waals surface area contributed by atoms with Gasteiger partial charge in [-0.2, -0.15) is 0 Å². The van der Waals surface area contributed by atoms with Gasteiger partial charge in [0.25, 0.3) is 0 Å². The first-order chi connectivity index (χ1) is 10.8. The van der Waals surface area contributed by atoms with E-state index in [1.807, 2.05) is 0 Å². The van der Waals surface area contributed by atoms with E-state index in [1.54, 1.807) is 0 Å². The van der Waals surface area contributed by atoms with Gasteiger partial charge in [0.05, 0.1) is 0 Å². The molecule has 4 unspecified atom stereocenters. The number of benzene rings is 1. The largest absolute Gasteiger partial charge is 0.354 e. The number of carbonyl (C=O) groups is 1. The molecule has 4 rings (SSSR count). The number of carbonyl (C=O) groups excluding carboxylic acids is 1. The summed E-state index contributed by atoms with van der Waals surface area (Å²) in [5.41, 5.74) is 9.52. The third-order valence-corrected chi connectivity index (χ3v) is 5.75. The number of aryl methyl sites for hydroxylation is 1. The fourth-order valence-electron chi connectivity index (χ4n) is 4.45. The molecule has 1 aliphatic heterocycles. The van der Waals surface area contributed by atoms with Gasteiger partial charge in [0, 0.05) is 24.5 Å². The van der Waals surface area contributed by atoms with E-state index in [4.69, 9.17) is 0 Å². The third-order valence-electron chi connectivity index (χ3n) is 5.75. The minimum atomic E-state index is 0.142. The maximum absolute atomic E-state index is 12.5. The molecule has 1 aromatic carbocycles. The Hall–Kier alpha value is -1.39. The highest BCUT2D eigenvalue weighted by molar-refractivity contribution is 5.79. The molecule has 2 fully saturated rings. The van der Waals surface area contributed by atoms with Crippen LogP contribution in [0.2, 0.25) is 0 Å². The molecular formula is C18H25N3O. The SMILES string of the molecule is O=C(NCC1NNC2CCCC21)C1CCc2ccccc2C1. The maximum atomic E-state index is 12.5. The molecule has 4 atom stereocenters. The van der Waals surface area contributed by atoms with Gasteiger partial charge in [-0.1, -0.05) is 30.7 Å². The van der Waals surface area contributed by atoms with Crippen molar-refractivity contribution in [3.05, 3.63) is 35.4 Å².